The number of hydrogen-bond donors (Lipinski definition) is 0. The van der Waals surface area contributed by atoms with E-state index >= 15 is 0 Å². The van der Waals surface area contributed by atoms with Crippen molar-refractivity contribution in [2.45, 2.75) is 26.1 Å². The third kappa shape index (κ3) is 5.58. The molecule has 1 heterocycles. The topological polar surface area (TPSA) is 106 Å². The Balaban J connectivity index is 1.47. The highest BCUT2D eigenvalue weighted by Gasteiger charge is 2.21. The van der Waals surface area contributed by atoms with Gasteiger partial charge in [-0.15, -0.1) is 0 Å². The zero-order valence-corrected chi connectivity index (χ0v) is 15.9. The lowest BCUT2D eigenvalue weighted by Gasteiger charge is -2.20. The molecule has 1 aliphatic rings. The third-order valence-electron chi connectivity index (χ3n) is 4.22. The highest BCUT2D eigenvalue weighted by molar-refractivity contribution is 5.69. The second-order valence-electron chi connectivity index (χ2n) is 6.25. The van der Waals surface area contributed by atoms with Crippen molar-refractivity contribution in [1.29, 1.82) is 0 Å². The monoisotopic (exact) mass is 403 g/mol. The van der Waals surface area contributed by atoms with Gasteiger partial charge in [0.15, 0.2) is 6.79 Å². The summed E-state index contributed by atoms with van der Waals surface area (Å²) in [6.07, 6.45) is 0.638. The molecule has 9 heteroatoms. The van der Waals surface area contributed by atoms with E-state index in [1.54, 1.807) is 31.4 Å². The van der Waals surface area contributed by atoms with E-state index in [9.17, 15) is 14.9 Å². The van der Waals surface area contributed by atoms with Crippen molar-refractivity contribution in [3.8, 4) is 17.2 Å². The lowest BCUT2D eigenvalue weighted by Crippen LogP contribution is -2.15. The molecule has 0 aromatic heterocycles. The van der Waals surface area contributed by atoms with Crippen LogP contribution in [0.15, 0.2) is 36.4 Å². The molecule has 9 nitrogen and oxygen atoms in total. The molecular weight excluding hydrogens is 382 g/mol. The van der Waals surface area contributed by atoms with Crippen molar-refractivity contribution in [3.05, 3.63) is 57.6 Å². The van der Waals surface area contributed by atoms with E-state index in [2.05, 4.69) is 0 Å². The second-order valence-corrected chi connectivity index (χ2v) is 6.25. The molecule has 0 N–H and O–H groups in total. The Labute approximate surface area is 167 Å². The van der Waals surface area contributed by atoms with Gasteiger partial charge in [-0.2, -0.15) is 0 Å². The van der Waals surface area contributed by atoms with Crippen LogP contribution in [0, 0.1) is 10.1 Å². The molecule has 2 aromatic rings. The van der Waals surface area contributed by atoms with Gasteiger partial charge in [-0.3, -0.25) is 14.9 Å². The van der Waals surface area contributed by atoms with Gasteiger partial charge in [-0.05, 0) is 30.7 Å². The van der Waals surface area contributed by atoms with Crippen LogP contribution in [-0.2, 0) is 27.5 Å². The normalized spacial score (nSPS) is 12.4. The van der Waals surface area contributed by atoms with Crippen molar-refractivity contribution in [2.75, 3.05) is 20.5 Å². The Bertz CT molecular complexity index is 866. The molecule has 154 valence electrons. The van der Waals surface area contributed by atoms with Crippen LogP contribution < -0.4 is 14.2 Å². The number of esters is 1. The van der Waals surface area contributed by atoms with Crippen molar-refractivity contribution in [1.82, 2.24) is 0 Å². The number of nitro groups is 1. The van der Waals surface area contributed by atoms with Gasteiger partial charge in [0.2, 0.25) is 0 Å². The molecule has 0 radical (unpaired) electrons. The molecule has 0 fully saturated rings. The number of benzene rings is 2. The fourth-order valence-corrected chi connectivity index (χ4v) is 2.80. The summed E-state index contributed by atoms with van der Waals surface area (Å²) in [4.78, 5) is 22.6. The highest BCUT2D eigenvalue weighted by Crippen LogP contribution is 2.33. The summed E-state index contributed by atoms with van der Waals surface area (Å²) in [5.74, 6) is 1.47. The summed E-state index contributed by atoms with van der Waals surface area (Å²) >= 11 is 0. The third-order valence-corrected chi connectivity index (χ3v) is 4.22. The quantitative estimate of drug-likeness (QED) is 0.271. The van der Waals surface area contributed by atoms with Gasteiger partial charge in [0.1, 0.15) is 23.9 Å². The fraction of sp³-hybridized carbons (Fsp3) is 0.350. The summed E-state index contributed by atoms with van der Waals surface area (Å²) in [6, 6.07) is 9.89. The maximum Gasteiger partial charge on any atom is 0.306 e. The highest BCUT2D eigenvalue weighted by atomic mass is 16.7. The molecular formula is C20H21NO8. The number of nitrogens with zero attached hydrogens (tertiary/aromatic N) is 1. The second kappa shape index (κ2) is 9.74. The van der Waals surface area contributed by atoms with Crippen LogP contribution in [0.1, 0.15) is 24.0 Å². The average molecular weight is 403 g/mol. The van der Waals surface area contributed by atoms with E-state index < -0.39 is 10.9 Å². The van der Waals surface area contributed by atoms with Gasteiger partial charge < -0.3 is 23.7 Å². The Morgan fingerprint density at radius 2 is 1.97 bits per heavy atom. The number of carbonyl (C=O) groups is 1. The van der Waals surface area contributed by atoms with E-state index in [0.717, 1.165) is 5.75 Å². The Hall–Kier alpha value is -3.33. The summed E-state index contributed by atoms with van der Waals surface area (Å²) < 4.78 is 26.5. The van der Waals surface area contributed by atoms with Crippen LogP contribution in [0.25, 0.3) is 0 Å². The van der Waals surface area contributed by atoms with E-state index in [4.69, 9.17) is 23.7 Å². The van der Waals surface area contributed by atoms with Crippen molar-refractivity contribution < 1.29 is 33.4 Å². The largest absolute Gasteiger partial charge is 0.497 e. The predicted molar refractivity (Wildman–Crippen MR) is 101 cm³/mol. The zero-order valence-electron chi connectivity index (χ0n) is 15.9. The van der Waals surface area contributed by atoms with E-state index in [0.29, 0.717) is 35.7 Å². The predicted octanol–water partition coefficient (Wildman–Crippen LogP) is 3.37. The number of carbonyl (C=O) groups excluding carboxylic acids is 1. The summed E-state index contributed by atoms with van der Waals surface area (Å²) in [6.45, 7) is 0.505. The molecule has 29 heavy (non-hydrogen) atoms. The minimum atomic E-state index is -0.503. The summed E-state index contributed by atoms with van der Waals surface area (Å²) in [5, 5.41) is 11.1. The molecule has 3 rings (SSSR count). The maximum absolute atomic E-state index is 12.0. The van der Waals surface area contributed by atoms with Gasteiger partial charge in [0.05, 0.1) is 25.2 Å². The van der Waals surface area contributed by atoms with Crippen molar-refractivity contribution in [3.63, 3.8) is 0 Å². The Kier molecular flexibility index (Phi) is 6.85. The van der Waals surface area contributed by atoms with Crippen LogP contribution in [0.2, 0.25) is 0 Å². The lowest BCUT2D eigenvalue weighted by molar-refractivity contribution is -0.385. The molecule has 0 amide bonds. The van der Waals surface area contributed by atoms with Gasteiger partial charge in [0.25, 0.3) is 5.69 Å². The summed E-state index contributed by atoms with van der Waals surface area (Å²) in [5.41, 5.74) is 0.904. The molecule has 0 spiro atoms. The van der Waals surface area contributed by atoms with Gasteiger partial charge >= 0.3 is 5.97 Å². The first-order valence-corrected chi connectivity index (χ1v) is 9.00. The molecule has 0 bridgehead atoms. The maximum atomic E-state index is 12.0. The molecule has 0 unspecified atom stereocenters. The molecule has 0 atom stereocenters. The number of nitro benzene ring substituents is 1. The first kappa shape index (κ1) is 20.4. The van der Waals surface area contributed by atoms with E-state index in [1.807, 2.05) is 0 Å². The van der Waals surface area contributed by atoms with Crippen LogP contribution in [-0.4, -0.2) is 31.4 Å². The molecule has 0 saturated carbocycles. The van der Waals surface area contributed by atoms with Crippen LogP contribution in [0.3, 0.4) is 0 Å². The van der Waals surface area contributed by atoms with Gasteiger partial charge in [0, 0.05) is 29.7 Å². The van der Waals surface area contributed by atoms with Gasteiger partial charge in [-0.1, -0.05) is 0 Å². The van der Waals surface area contributed by atoms with Crippen LogP contribution in [0.4, 0.5) is 5.69 Å². The zero-order chi connectivity index (χ0) is 20.6. The minimum absolute atomic E-state index is 0.0501. The average Bonchev–Trinajstić information content (AvgIpc) is 2.75. The first-order valence-electron chi connectivity index (χ1n) is 9.00. The number of ether oxygens (including phenoxy) is 5. The van der Waals surface area contributed by atoms with Crippen molar-refractivity contribution >= 4 is 11.7 Å². The van der Waals surface area contributed by atoms with Crippen molar-refractivity contribution in [2.24, 2.45) is 0 Å². The first-order chi connectivity index (χ1) is 14.1. The van der Waals surface area contributed by atoms with E-state index in [1.165, 1.54) is 12.1 Å². The van der Waals surface area contributed by atoms with E-state index in [-0.39, 0.29) is 32.1 Å². The summed E-state index contributed by atoms with van der Waals surface area (Å²) in [7, 11) is 1.59. The Morgan fingerprint density at radius 1 is 1.21 bits per heavy atom. The number of rotatable bonds is 9. The molecule has 2 aromatic carbocycles. The SMILES string of the molecule is COc1ccc(OCCCC(=O)OCc2cc([N+](=O)[O-])cc3c2OCOC3)cc1. The van der Waals surface area contributed by atoms with Gasteiger partial charge in [-0.25, -0.2) is 0 Å². The smallest absolute Gasteiger partial charge is 0.306 e. The number of non-ortho nitro benzene ring substituents is 1. The minimum Gasteiger partial charge on any atom is -0.497 e. The number of hydrogen-bond acceptors (Lipinski definition) is 8. The van der Waals surface area contributed by atoms with Crippen LogP contribution >= 0.6 is 0 Å². The number of methoxy groups -OCH3 is 1. The number of fused-ring (bicyclic) bond motifs is 1. The standard InChI is InChI=1S/C20H21NO8/c1-25-17-4-6-18(7-5-17)27-8-2-3-19(22)28-12-15-10-16(21(23)24)9-14-11-26-13-29-20(14)15/h4-7,9-10H,2-3,8,11-13H2,1H3. The molecule has 1 aliphatic heterocycles. The molecule has 0 saturated heterocycles. The Morgan fingerprint density at radius 3 is 2.69 bits per heavy atom. The molecule has 0 aliphatic carbocycles. The fourth-order valence-electron chi connectivity index (χ4n) is 2.80. The van der Waals surface area contributed by atoms with Crippen LogP contribution in [0.5, 0.6) is 17.2 Å². The lowest BCUT2D eigenvalue weighted by atomic mass is 10.1.